The van der Waals surface area contributed by atoms with Crippen LogP contribution in [0.1, 0.15) is 31.4 Å². The van der Waals surface area contributed by atoms with Crippen LogP contribution >= 0.6 is 23.2 Å². The summed E-state index contributed by atoms with van der Waals surface area (Å²) in [7, 11) is 0. The molecule has 3 nitrogen and oxygen atoms in total. The highest BCUT2D eigenvalue weighted by molar-refractivity contribution is 6.34. The van der Waals surface area contributed by atoms with E-state index in [0.29, 0.717) is 15.8 Å². The van der Waals surface area contributed by atoms with E-state index in [9.17, 15) is 9.18 Å². The lowest BCUT2D eigenvalue weighted by Crippen LogP contribution is -2.10. The molecule has 0 unspecified atom stereocenters. The molecule has 0 saturated heterocycles. The molecule has 0 atom stereocenters. The van der Waals surface area contributed by atoms with Gasteiger partial charge in [-0.15, -0.1) is 0 Å². The van der Waals surface area contributed by atoms with Crippen LogP contribution in [0.15, 0.2) is 30.3 Å². The number of carbonyl (C=O) groups is 1. The first kappa shape index (κ1) is 18.6. The first-order chi connectivity index (χ1) is 11.5. The van der Waals surface area contributed by atoms with Gasteiger partial charge >= 0.3 is 5.97 Å². The Morgan fingerprint density at radius 2 is 1.88 bits per heavy atom. The first-order valence-corrected chi connectivity index (χ1v) is 8.30. The third kappa shape index (κ3) is 4.40. The summed E-state index contributed by atoms with van der Waals surface area (Å²) >= 11 is 12.3. The minimum atomic E-state index is -0.524. The molecule has 0 aliphatic heterocycles. The van der Waals surface area contributed by atoms with Gasteiger partial charge in [0.1, 0.15) is 23.9 Å². The fraction of sp³-hybridized carbons (Fsp3) is 0.278. The molecule has 128 valence electrons. The minimum Gasteiger partial charge on any atom is -0.487 e. The molecule has 0 fully saturated rings. The zero-order chi connectivity index (χ0) is 17.7. The van der Waals surface area contributed by atoms with Crippen LogP contribution in [-0.4, -0.2) is 5.97 Å². The smallest absolute Gasteiger partial charge is 0.310 e. The molecule has 0 amide bonds. The van der Waals surface area contributed by atoms with Gasteiger partial charge in [0.15, 0.2) is 0 Å². The van der Waals surface area contributed by atoms with E-state index >= 15 is 0 Å². The van der Waals surface area contributed by atoms with Crippen molar-refractivity contribution in [1.82, 2.24) is 0 Å². The summed E-state index contributed by atoms with van der Waals surface area (Å²) in [5, 5.41) is 0.919. The van der Waals surface area contributed by atoms with Gasteiger partial charge in [-0.1, -0.05) is 43.1 Å². The van der Waals surface area contributed by atoms with Gasteiger partial charge in [-0.3, -0.25) is 4.79 Å². The van der Waals surface area contributed by atoms with E-state index in [2.05, 4.69) is 0 Å². The second-order valence-corrected chi connectivity index (χ2v) is 5.87. The Bertz CT molecular complexity index is 747. The third-order valence-corrected chi connectivity index (χ3v) is 4.09. The molecule has 6 heteroatoms. The number of hydrogen-bond acceptors (Lipinski definition) is 3. The van der Waals surface area contributed by atoms with Crippen molar-refractivity contribution >= 4 is 29.2 Å². The molecule has 0 radical (unpaired) electrons. The maximum atomic E-state index is 14.1. The number of esters is 1. The molecule has 24 heavy (non-hydrogen) atoms. The van der Waals surface area contributed by atoms with E-state index in [0.717, 1.165) is 12.0 Å². The van der Waals surface area contributed by atoms with Crippen molar-refractivity contribution in [1.29, 1.82) is 0 Å². The van der Waals surface area contributed by atoms with Crippen molar-refractivity contribution in [2.45, 2.75) is 33.3 Å². The van der Waals surface area contributed by atoms with Crippen LogP contribution in [0, 0.1) is 5.82 Å². The van der Waals surface area contributed by atoms with Crippen LogP contribution in [0.25, 0.3) is 0 Å². The molecular formula is C18H17Cl2FO3. The van der Waals surface area contributed by atoms with Crippen LogP contribution in [0.2, 0.25) is 10.0 Å². The number of ether oxygens (including phenoxy) is 2. The van der Waals surface area contributed by atoms with Crippen LogP contribution in [0.4, 0.5) is 4.39 Å². The molecule has 0 heterocycles. The van der Waals surface area contributed by atoms with Crippen molar-refractivity contribution < 1.29 is 18.7 Å². The second-order valence-electron chi connectivity index (χ2n) is 5.06. The highest BCUT2D eigenvalue weighted by atomic mass is 35.5. The van der Waals surface area contributed by atoms with Crippen LogP contribution < -0.4 is 9.47 Å². The minimum absolute atomic E-state index is 0.134. The third-order valence-electron chi connectivity index (χ3n) is 3.44. The van der Waals surface area contributed by atoms with E-state index in [4.69, 9.17) is 32.7 Å². The molecule has 0 bridgehead atoms. The van der Waals surface area contributed by atoms with Gasteiger partial charge in [0.05, 0.1) is 10.6 Å². The average Bonchev–Trinajstić information content (AvgIpc) is 2.56. The van der Waals surface area contributed by atoms with Gasteiger partial charge < -0.3 is 9.47 Å². The van der Waals surface area contributed by atoms with Gasteiger partial charge in [0.25, 0.3) is 0 Å². The maximum Gasteiger partial charge on any atom is 0.310 e. The number of hydrogen-bond donors (Lipinski definition) is 0. The quantitative estimate of drug-likeness (QED) is 0.491. The summed E-state index contributed by atoms with van der Waals surface area (Å²) < 4.78 is 24.8. The summed E-state index contributed by atoms with van der Waals surface area (Å²) in [5.74, 6) is -0.497. The van der Waals surface area contributed by atoms with Crippen molar-refractivity contribution in [2.75, 3.05) is 0 Å². The fourth-order valence-corrected chi connectivity index (χ4v) is 2.60. The lowest BCUT2D eigenvalue weighted by Gasteiger charge is -2.14. The van der Waals surface area contributed by atoms with Crippen LogP contribution in [-0.2, 0) is 17.8 Å². The molecule has 0 aliphatic rings. The molecule has 0 spiro atoms. The zero-order valence-corrected chi connectivity index (χ0v) is 14.9. The van der Waals surface area contributed by atoms with Crippen LogP contribution in [0.3, 0.4) is 0 Å². The predicted molar refractivity (Wildman–Crippen MR) is 92.5 cm³/mol. The van der Waals surface area contributed by atoms with Gasteiger partial charge in [-0.05, 0) is 30.2 Å². The van der Waals surface area contributed by atoms with E-state index in [-0.39, 0.29) is 24.3 Å². The summed E-state index contributed by atoms with van der Waals surface area (Å²) in [6, 6.07) is 7.58. The molecule has 0 N–H and O–H groups in total. The predicted octanol–water partition coefficient (Wildman–Crippen LogP) is 5.59. The largest absolute Gasteiger partial charge is 0.487 e. The summed E-state index contributed by atoms with van der Waals surface area (Å²) in [4.78, 5) is 11.5. The summed E-state index contributed by atoms with van der Waals surface area (Å²) in [6.07, 6.45) is 0.931. The SMILES string of the molecule is CCC(=O)Oc1cccc(F)c1COc1cc(Cl)c(CC)cc1Cl. The molecule has 0 aromatic heterocycles. The van der Waals surface area contributed by atoms with E-state index < -0.39 is 11.8 Å². The van der Waals surface area contributed by atoms with Gasteiger partial charge in [0, 0.05) is 17.5 Å². The van der Waals surface area contributed by atoms with Crippen molar-refractivity contribution in [3.05, 3.63) is 57.3 Å². The zero-order valence-electron chi connectivity index (χ0n) is 13.4. The van der Waals surface area contributed by atoms with E-state index in [1.807, 2.05) is 6.92 Å². The van der Waals surface area contributed by atoms with Gasteiger partial charge in [-0.25, -0.2) is 4.39 Å². The highest BCUT2D eigenvalue weighted by Crippen LogP contribution is 2.33. The van der Waals surface area contributed by atoms with Crippen LogP contribution in [0.5, 0.6) is 11.5 Å². The fourth-order valence-electron chi connectivity index (χ4n) is 2.07. The van der Waals surface area contributed by atoms with Crippen molar-refractivity contribution in [3.8, 4) is 11.5 Å². The number of carbonyl (C=O) groups excluding carboxylic acids is 1. The monoisotopic (exact) mass is 370 g/mol. The number of benzene rings is 2. The number of aryl methyl sites for hydroxylation is 1. The Balaban J connectivity index is 2.23. The van der Waals surface area contributed by atoms with E-state index in [1.165, 1.54) is 18.2 Å². The van der Waals surface area contributed by atoms with Crippen molar-refractivity contribution in [2.24, 2.45) is 0 Å². The molecule has 2 aromatic carbocycles. The Labute approximate surface area is 150 Å². The highest BCUT2D eigenvalue weighted by Gasteiger charge is 2.15. The molecule has 0 saturated carbocycles. The molecular weight excluding hydrogens is 354 g/mol. The Morgan fingerprint density at radius 3 is 2.54 bits per heavy atom. The average molecular weight is 371 g/mol. The Kier molecular flexibility index (Phi) is 6.46. The topological polar surface area (TPSA) is 35.5 Å². The van der Waals surface area contributed by atoms with Gasteiger partial charge in [0.2, 0.25) is 0 Å². The Morgan fingerprint density at radius 1 is 1.12 bits per heavy atom. The first-order valence-electron chi connectivity index (χ1n) is 7.55. The van der Waals surface area contributed by atoms with Crippen molar-refractivity contribution in [3.63, 3.8) is 0 Å². The normalized spacial score (nSPS) is 10.5. The summed E-state index contributed by atoms with van der Waals surface area (Å²) in [6.45, 7) is 3.49. The maximum absolute atomic E-state index is 14.1. The standard InChI is InChI=1S/C18H17Cl2FO3/c1-3-11-8-14(20)17(9-13(11)19)23-10-12-15(21)6-5-7-16(12)24-18(22)4-2/h5-9H,3-4,10H2,1-2H3. The van der Waals surface area contributed by atoms with E-state index in [1.54, 1.807) is 19.1 Å². The molecule has 2 rings (SSSR count). The molecule has 2 aromatic rings. The lowest BCUT2D eigenvalue weighted by atomic mass is 10.1. The molecule has 0 aliphatic carbocycles. The second kappa shape index (κ2) is 8.36. The lowest BCUT2D eigenvalue weighted by molar-refractivity contribution is -0.134. The number of rotatable bonds is 6. The Hall–Kier alpha value is -1.78. The number of halogens is 3. The summed E-state index contributed by atoms with van der Waals surface area (Å²) in [5.41, 5.74) is 1.04. The van der Waals surface area contributed by atoms with Gasteiger partial charge in [-0.2, -0.15) is 0 Å².